The molecular formula is C23H18N2OS. The molecule has 0 radical (unpaired) electrons. The second kappa shape index (κ2) is 7.98. The molecule has 0 spiro atoms. The average Bonchev–Trinajstić information content (AvgIpc) is 3.18. The molecular weight excluding hydrogens is 352 g/mol. The first-order valence-electron chi connectivity index (χ1n) is 8.63. The summed E-state index contributed by atoms with van der Waals surface area (Å²) in [6, 6.07) is 28.4. The van der Waals surface area contributed by atoms with Crippen molar-refractivity contribution in [3.8, 4) is 27.4 Å². The molecule has 3 nitrogen and oxygen atoms in total. The Hall–Kier alpha value is -3.24. The average molecular weight is 370 g/mol. The lowest BCUT2D eigenvalue weighted by molar-refractivity contribution is 0.415. The predicted octanol–water partition coefficient (Wildman–Crippen LogP) is 6.24. The molecule has 0 unspecified atom stereocenters. The van der Waals surface area contributed by atoms with Gasteiger partial charge in [0.15, 0.2) is 0 Å². The van der Waals surface area contributed by atoms with E-state index in [0.717, 1.165) is 38.1 Å². The van der Waals surface area contributed by atoms with Crippen molar-refractivity contribution in [3.63, 3.8) is 0 Å². The summed E-state index contributed by atoms with van der Waals surface area (Å²) in [5, 5.41) is 0.732. The zero-order valence-electron chi connectivity index (χ0n) is 14.9. The highest BCUT2D eigenvalue weighted by atomic mass is 32.1. The van der Waals surface area contributed by atoms with Crippen molar-refractivity contribution in [2.75, 3.05) is 7.11 Å². The molecule has 3 aromatic carbocycles. The van der Waals surface area contributed by atoms with Crippen LogP contribution in [0.1, 0.15) is 5.56 Å². The summed E-state index contributed by atoms with van der Waals surface area (Å²) < 4.78 is 5.27. The number of methoxy groups -OCH3 is 1. The van der Waals surface area contributed by atoms with Crippen LogP contribution in [0.4, 0.5) is 5.13 Å². The van der Waals surface area contributed by atoms with Gasteiger partial charge in [0.1, 0.15) is 5.75 Å². The molecule has 0 saturated heterocycles. The van der Waals surface area contributed by atoms with Crippen molar-refractivity contribution >= 4 is 22.7 Å². The molecule has 0 aliphatic rings. The lowest BCUT2D eigenvalue weighted by Gasteiger charge is -2.02. The van der Waals surface area contributed by atoms with Crippen LogP contribution in [0.5, 0.6) is 5.75 Å². The van der Waals surface area contributed by atoms with Gasteiger partial charge in [0.2, 0.25) is 5.13 Å². The normalized spacial score (nSPS) is 11.0. The molecule has 1 heterocycles. The van der Waals surface area contributed by atoms with Gasteiger partial charge in [0.05, 0.1) is 17.7 Å². The molecule has 132 valence electrons. The van der Waals surface area contributed by atoms with Crippen molar-refractivity contribution in [2.45, 2.75) is 0 Å². The van der Waals surface area contributed by atoms with E-state index in [2.05, 4.69) is 29.3 Å². The zero-order chi connectivity index (χ0) is 18.5. The number of nitrogens with zero attached hydrogens (tertiary/aromatic N) is 2. The van der Waals surface area contributed by atoms with Gasteiger partial charge in [-0.25, -0.2) is 9.98 Å². The Labute approximate surface area is 162 Å². The minimum atomic E-state index is 0.732. The van der Waals surface area contributed by atoms with Gasteiger partial charge < -0.3 is 4.74 Å². The summed E-state index contributed by atoms with van der Waals surface area (Å²) in [5.41, 5.74) is 4.18. The summed E-state index contributed by atoms with van der Waals surface area (Å²) in [6.45, 7) is 0. The Bertz CT molecular complexity index is 999. The molecule has 0 atom stereocenters. The molecule has 0 N–H and O–H groups in total. The SMILES string of the molecule is COc1cccc(C=Nc2nc(-c3ccccc3)c(-c3ccccc3)s2)c1. The van der Waals surface area contributed by atoms with E-state index in [1.54, 1.807) is 18.4 Å². The predicted molar refractivity (Wildman–Crippen MR) is 113 cm³/mol. The van der Waals surface area contributed by atoms with E-state index in [9.17, 15) is 0 Å². The summed E-state index contributed by atoms with van der Waals surface area (Å²) in [7, 11) is 1.66. The first-order chi connectivity index (χ1) is 13.3. The minimum Gasteiger partial charge on any atom is -0.497 e. The third kappa shape index (κ3) is 3.96. The van der Waals surface area contributed by atoms with Crippen LogP contribution >= 0.6 is 11.3 Å². The van der Waals surface area contributed by atoms with Crippen LogP contribution in [-0.2, 0) is 0 Å². The first kappa shape index (κ1) is 17.2. The molecule has 0 saturated carbocycles. The lowest BCUT2D eigenvalue weighted by Crippen LogP contribution is -1.85. The number of ether oxygens (including phenoxy) is 1. The molecule has 27 heavy (non-hydrogen) atoms. The van der Waals surface area contributed by atoms with E-state index in [0.29, 0.717) is 0 Å². The Morgan fingerprint density at radius 1 is 0.852 bits per heavy atom. The van der Waals surface area contributed by atoms with Crippen LogP contribution in [0.3, 0.4) is 0 Å². The number of rotatable bonds is 5. The van der Waals surface area contributed by atoms with Crippen LogP contribution in [-0.4, -0.2) is 18.3 Å². The van der Waals surface area contributed by atoms with Crippen LogP contribution in [0.25, 0.3) is 21.7 Å². The topological polar surface area (TPSA) is 34.5 Å². The number of hydrogen-bond acceptors (Lipinski definition) is 4. The lowest BCUT2D eigenvalue weighted by atomic mass is 10.1. The maximum atomic E-state index is 5.27. The van der Waals surface area contributed by atoms with Crippen molar-refractivity contribution in [1.29, 1.82) is 0 Å². The van der Waals surface area contributed by atoms with E-state index in [1.807, 2.05) is 66.9 Å². The fourth-order valence-corrected chi connectivity index (χ4v) is 3.73. The molecule has 4 rings (SSSR count). The van der Waals surface area contributed by atoms with Crippen molar-refractivity contribution in [3.05, 3.63) is 90.5 Å². The summed E-state index contributed by atoms with van der Waals surface area (Å²) in [6.07, 6.45) is 1.82. The number of aliphatic imine (C=N–C) groups is 1. The Morgan fingerprint density at radius 3 is 2.26 bits per heavy atom. The molecule has 0 aliphatic heterocycles. The monoisotopic (exact) mass is 370 g/mol. The Kier molecular flexibility index (Phi) is 5.08. The quantitative estimate of drug-likeness (QED) is 0.390. The van der Waals surface area contributed by atoms with Crippen LogP contribution in [0.2, 0.25) is 0 Å². The molecule has 0 amide bonds. The highest BCUT2D eigenvalue weighted by Crippen LogP contribution is 2.39. The van der Waals surface area contributed by atoms with Crippen molar-refractivity contribution < 1.29 is 4.74 Å². The number of aromatic nitrogens is 1. The van der Waals surface area contributed by atoms with Gasteiger partial charge in [-0.05, 0) is 23.3 Å². The van der Waals surface area contributed by atoms with Gasteiger partial charge in [0.25, 0.3) is 0 Å². The first-order valence-corrected chi connectivity index (χ1v) is 9.45. The summed E-state index contributed by atoms with van der Waals surface area (Å²) >= 11 is 1.60. The Balaban J connectivity index is 1.74. The van der Waals surface area contributed by atoms with Gasteiger partial charge in [0, 0.05) is 11.8 Å². The maximum absolute atomic E-state index is 5.27. The van der Waals surface area contributed by atoms with Gasteiger partial charge in [-0.1, -0.05) is 84.1 Å². The van der Waals surface area contributed by atoms with E-state index >= 15 is 0 Å². The number of hydrogen-bond donors (Lipinski definition) is 0. The van der Waals surface area contributed by atoms with Crippen molar-refractivity contribution in [1.82, 2.24) is 4.98 Å². The van der Waals surface area contributed by atoms with E-state index in [1.165, 1.54) is 0 Å². The van der Waals surface area contributed by atoms with E-state index < -0.39 is 0 Å². The van der Waals surface area contributed by atoms with Crippen LogP contribution in [0, 0.1) is 0 Å². The van der Waals surface area contributed by atoms with E-state index in [-0.39, 0.29) is 0 Å². The van der Waals surface area contributed by atoms with Crippen LogP contribution < -0.4 is 4.74 Å². The highest BCUT2D eigenvalue weighted by Gasteiger charge is 2.14. The van der Waals surface area contributed by atoms with E-state index in [4.69, 9.17) is 9.72 Å². The standard InChI is InChI=1S/C23H18N2OS/c1-26-20-14-8-9-17(15-20)16-24-23-25-21(18-10-4-2-5-11-18)22(27-23)19-12-6-3-7-13-19/h2-16H,1H3. The van der Waals surface area contributed by atoms with Gasteiger partial charge in [-0.15, -0.1) is 0 Å². The number of benzene rings is 3. The highest BCUT2D eigenvalue weighted by molar-refractivity contribution is 7.19. The fraction of sp³-hybridized carbons (Fsp3) is 0.0435. The summed E-state index contributed by atoms with van der Waals surface area (Å²) in [5.74, 6) is 0.813. The third-order valence-electron chi connectivity index (χ3n) is 4.12. The second-order valence-electron chi connectivity index (χ2n) is 5.94. The Morgan fingerprint density at radius 2 is 1.56 bits per heavy atom. The third-order valence-corrected chi connectivity index (χ3v) is 5.13. The maximum Gasteiger partial charge on any atom is 0.210 e. The van der Waals surface area contributed by atoms with Crippen molar-refractivity contribution in [2.24, 2.45) is 4.99 Å². The largest absolute Gasteiger partial charge is 0.497 e. The van der Waals surface area contributed by atoms with Crippen LogP contribution in [0.15, 0.2) is 89.9 Å². The zero-order valence-corrected chi connectivity index (χ0v) is 15.7. The number of thiazole rings is 1. The summed E-state index contributed by atoms with van der Waals surface area (Å²) in [4.78, 5) is 10.5. The smallest absolute Gasteiger partial charge is 0.210 e. The minimum absolute atomic E-state index is 0.732. The van der Waals surface area contributed by atoms with Gasteiger partial charge >= 0.3 is 0 Å². The molecule has 4 aromatic rings. The molecule has 4 heteroatoms. The van der Waals surface area contributed by atoms with Gasteiger partial charge in [-0.3, -0.25) is 0 Å². The fourth-order valence-electron chi connectivity index (χ4n) is 2.79. The molecule has 1 aromatic heterocycles. The molecule has 0 bridgehead atoms. The van der Waals surface area contributed by atoms with Gasteiger partial charge in [-0.2, -0.15) is 0 Å². The molecule has 0 fully saturated rings. The second-order valence-corrected chi connectivity index (χ2v) is 6.92. The molecule has 0 aliphatic carbocycles.